The largest absolute Gasteiger partial charge is 0.346 e. The molecule has 0 unspecified atom stereocenters. The highest BCUT2D eigenvalue weighted by Crippen LogP contribution is 2.44. The average Bonchev–Trinajstić information content (AvgIpc) is 3.83. The molecule has 12 heteroatoms. The third-order valence-corrected chi connectivity index (χ3v) is 11.9. The fourth-order valence-electron chi connectivity index (χ4n) is 7.95. The number of amides is 2. The summed E-state index contributed by atoms with van der Waals surface area (Å²) in [6, 6.07) is 10.9. The van der Waals surface area contributed by atoms with Crippen LogP contribution in [0.2, 0.25) is 0 Å². The molecule has 3 aliphatic heterocycles. The first-order valence-electron chi connectivity index (χ1n) is 17.1. The number of nitrogens with zero attached hydrogens (tertiary/aromatic N) is 3. The summed E-state index contributed by atoms with van der Waals surface area (Å²) in [6.45, 7) is 13.0. The van der Waals surface area contributed by atoms with E-state index in [4.69, 9.17) is 0 Å². The maximum Gasteiger partial charge on any atom is 0.326 e. The maximum atomic E-state index is 14.0. The van der Waals surface area contributed by atoms with Gasteiger partial charge in [-0.05, 0) is 89.1 Å². The first-order valence-corrected chi connectivity index (χ1v) is 17.9. The summed E-state index contributed by atoms with van der Waals surface area (Å²) < 4.78 is 0. The molecule has 2 bridgehead atoms. The van der Waals surface area contributed by atoms with Crippen LogP contribution < -0.4 is 16.6 Å². The molecule has 4 aromatic rings. The Balaban J connectivity index is 1.06. The van der Waals surface area contributed by atoms with Crippen LogP contribution in [0.15, 0.2) is 39.9 Å². The van der Waals surface area contributed by atoms with Crippen LogP contribution >= 0.6 is 11.3 Å². The lowest BCUT2D eigenvalue weighted by Crippen LogP contribution is -2.50. The molecule has 0 spiro atoms. The Hall–Kier alpha value is -4.00. The number of rotatable bonds is 9. The van der Waals surface area contributed by atoms with Crippen LogP contribution in [0.4, 0.5) is 0 Å². The minimum absolute atomic E-state index is 0.0488. The highest BCUT2D eigenvalue weighted by molar-refractivity contribution is 7.19. The Kier molecular flexibility index (Phi) is 8.67. The molecule has 6 heterocycles. The molecule has 0 aliphatic carbocycles. The Morgan fingerprint density at radius 2 is 1.52 bits per heavy atom. The van der Waals surface area contributed by atoms with Crippen LogP contribution in [0.25, 0.3) is 21.5 Å². The first-order chi connectivity index (χ1) is 23.0. The summed E-state index contributed by atoms with van der Waals surface area (Å²) in [5, 5.41) is 4.03. The van der Waals surface area contributed by atoms with E-state index in [1.54, 1.807) is 11.3 Å². The minimum atomic E-state index is -0.702. The van der Waals surface area contributed by atoms with Gasteiger partial charge in [-0.2, -0.15) is 0 Å². The third-order valence-electron chi connectivity index (χ3n) is 10.6. The van der Waals surface area contributed by atoms with Crippen LogP contribution in [0.3, 0.4) is 0 Å². The van der Waals surface area contributed by atoms with Gasteiger partial charge in [-0.1, -0.05) is 17.2 Å². The molecule has 3 aromatic heterocycles. The lowest BCUT2D eigenvalue weighted by molar-refractivity contribution is -0.137. The van der Waals surface area contributed by atoms with Gasteiger partial charge >= 0.3 is 5.69 Å². The molecular formula is C36H45N7O4S. The van der Waals surface area contributed by atoms with Crippen molar-refractivity contribution in [1.82, 2.24) is 35.0 Å². The predicted molar refractivity (Wildman–Crippen MR) is 189 cm³/mol. The molecule has 11 nitrogen and oxygen atoms in total. The summed E-state index contributed by atoms with van der Waals surface area (Å²) in [5.41, 5.74) is 4.17. The molecular weight excluding hydrogens is 627 g/mol. The Labute approximate surface area is 283 Å². The standard InChI is InChI=1S/C36H45N7O4S/c1-21-15-22(2)17-23(16-21)31-26(9-10-41-11-13-42(14-12-41)20-37-32(45)28-19-30(44)39-35(47)38-28)27-18-29(48-33(27)40-31)36(3,4)34(46)43-24-5-6-25(43)8-7-24/h15-19,24-25,40H,5-14,20H2,1-4H3,(H,37,45)(H2,38,39,44,47). The summed E-state index contributed by atoms with van der Waals surface area (Å²) in [5.74, 6) is -0.212. The van der Waals surface area contributed by atoms with E-state index < -0.39 is 22.6 Å². The highest BCUT2D eigenvalue weighted by atomic mass is 32.1. The molecule has 3 fully saturated rings. The number of hydrogen-bond acceptors (Lipinski definition) is 7. The van der Waals surface area contributed by atoms with Gasteiger partial charge in [0, 0.05) is 61.1 Å². The van der Waals surface area contributed by atoms with Gasteiger partial charge in [-0.25, -0.2) is 4.79 Å². The van der Waals surface area contributed by atoms with Crippen LogP contribution in [0.5, 0.6) is 0 Å². The van der Waals surface area contributed by atoms with Crippen LogP contribution in [0, 0.1) is 13.8 Å². The van der Waals surface area contributed by atoms with E-state index >= 15 is 0 Å². The molecule has 2 amide bonds. The molecule has 0 radical (unpaired) electrons. The normalized spacial score (nSPS) is 20.2. The number of nitrogens with one attached hydrogen (secondary N) is 4. The predicted octanol–water partition coefficient (Wildman–Crippen LogP) is 3.87. The van der Waals surface area contributed by atoms with Gasteiger partial charge in [-0.3, -0.25) is 24.3 Å². The van der Waals surface area contributed by atoms with Crippen molar-refractivity contribution in [2.75, 3.05) is 39.4 Å². The second-order valence-corrected chi connectivity index (χ2v) is 15.4. The molecule has 0 saturated carbocycles. The number of aromatic amines is 3. The van der Waals surface area contributed by atoms with E-state index in [-0.39, 0.29) is 11.6 Å². The van der Waals surface area contributed by atoms with Crippen molar-refractivity contribution in [2.45, 2.75) is 77.3 Å². The molecule has 254 valence electrons. The SMILES string of the molecule is Cc1cc(C)cc(-c2[nH]c3sc(C(C)(C)C(=O)N4C5CCC4CC5)cc3c2CCN2CCN(CNC(=O)c3cc(=O)[nH]c(=O)[nH]3)CC2)c1. The fraction of sp³-hybridized carbons (Fsp3) is 0.500. The highest BCUT2D eigenvalue weighted by Gasteiger charge is 2.47. The summed E-state index contributed by atoms with van der Waals surface area (Å²) in [4.78, 5) is 66.9. The number of fused-ring (bicyclic) bond motifs is 3. The number of benzene rings is 1. The van der Waals surface area contributed by atoms with E-state index in [1.807, 2.05) is 0 Å². The van der Waals surface area contributed by atoms with Gasteiger partial charge in [0.2, 0.25) is 5.91 Å². The summed E-state index contributed by atoms with van der Waals surface area (Å²) in [6.07, 6.45) is 5.43. The zero-order valence-corrected chi connectivity index (χ0v) is 29.0. The lowest BCUT2D eigenvalue weighted by atomic mass is 9.88. The number of thiophene rings is 1. The van der Waals surface area contributed by atoms with E-state index in [9.17, 15) is 19.2 Å². The number of aromatic nitrogens is 3. The van der Waals surface area contributed by atoms with E-state index in [2.05, 4.69) is 86.9 Å². The van der Waals surface area contributed by atoms with E-state index in [1.165, 1.54) is 27.6 Å². The maximum absolute atomic E-state index is 14.0. The molecule has 4 N–H and O–H groups in total. The molecule has 1 aromatic carbocycles. The van der Waals surface area contributed by atoms with Crippen molar-refractivity contribution < 1.29 is 9.59 Å². The Bertz CT molecular complexity index is 1910. The number of hydrogen-bond donors (Lipinski definition) is 4. The second kappa shape index (κ2) is 12.8. The number of carbonyl (C=O) groups excluding carboxylic acids is 2. The molecule has 0 atom stereocenters. The lowest BCUT2D eigenvalue weighted by Gasteiger charge is -2.34. The van der Waals surface area contributed by atoms with Crippen LogP contribution in [-0.4, -0.2) is 92.9 Å². The smallest absolute Gasteiger partial charge is 0.326 e. The van der Waals surface area contributed by atoms with Crippen molar-refractivity contribution in [2.24, 2.45) is 0 Å². The second-order valence-electron chi connectivity index (χ2n) is 14.4. The van der Waals surface area contributed by atoms with Gasteiger partial charge in [0.25, 0.3) is 11.5 Å². The van der Waals surface area contributed by atoms with Crippen LogP contribution in [0.1, 0.15) is 71.6 Å². The zero-order chi connectivity index (χ0) is 33.7. The Morgan fingerprint density at radius 1 is 0.875 bits per heavy atom. The molecule has 7 rings (SSSR count). The third kappa shape index (κ3) is 6.28. The van der Waals surface area contributed by atoms with E-state index in [0.717, 1.165) is 86.3 Å². The topological polar surface area (TPSA) is 137 Å². The van der Waals surface area contributed by atoms with Gasteiger partial charge in [-0.15, -0.1) is 11.3 Å². The van der Waals surface area contributed by atoms with Gasteiger partial charge in [0.15, 0.2) is 0 Å². The van der Waals surface area contributed by atoms with Crippen molar-refractivity contribution in [1.29, 1.82) is 0 Å². The van der Waals surface area contributed by atoms with Gasteiger partial charge in [0.05, 0.1) is 17.8 Å². The fourth-order valence-corrected chi connectivity index (χ4v) is 9.13. The van der Waals surface area contributed by atoms with Crippen molar-refractivity contribution in [3.05, 3.63) is 78.4 Å². The minimum Gasteiger partial charge on any atom is -0.346 e. The number of aryl methyl sites for hydroxylation is 2. The van der Waals surface area contributed by atoms with Gasteiger partial charge in [0.1, 0.15) is 10.5 Å². The number of H-pyrrole nitrogens is 3. The summed E-state index contributed by atoms with van der Waals surface area (Å²) in [7, 11) is 0. The zero-order valence-electron chi connectivity index (χ0n) is 28.2. The first kappa shape index (κ1) is 32.5. The monoisotopic (exact) mass is 671 g/mol. The number of carbonyl (C=O) groups is 2. The molecule has 3 saturated heterocycles. The van der Waals surface area contributed by atoms with Crippen molar-refractivity contribution >= 4 is 33.4 Å². The quantitative estimate of drug-likeness (QED) is 0.213. The Morgan fingerprint density at radius 3 is 2.17 bits per heavy atom. The molecule has 3 aliphatic rings. The van der Waals surface area contributed by atoms with E-state index in [0.29, 0.717) is 18.8 Å². The summed E-state index contributed by atoms with van der Waals surface area (Å²) >= 11 is 1.73. The average molecular weight is 672 g/mol. The van der Waals surface area contributed by atoms with Gasteiger partial charge < -0.3 is 25.1 Å². The van der Waals surface area contributed by atoms with Crippen molar-refractivity contribution in [3.63, 3.8) is 0 Å². The molecule has 48 heavy (non-hydrogen) atoms. The number of piperazine rings is 1. The van der Waals surface area contributed by atoms with Crippen molar-refractivity contribution in [3.8, 4) is 11.3 Å². The van der Waals surface area contributed by atoms with Crippen LogP contribution in [-0.2, 0) is 16.6 Å².